The zero-order valence-electron chi connectivity index (χ0n) is 39.6. The minimum absolute atomic E-state index is 1.28. The second-order valence-electron chi connectivity index (χ2n) is 17.1. The summed E-state index contributed by atoms with van der Waals surface area (Å²) in [5, 5.41) is 13.7. The van der Waals surface area contributed by atoms with E-state index in [0.717, 1.165) is 0 Å². The summed E-state index contributed by atoms with van der Waals surface area (Å²) in [4.78, 5) is 0. The van der Waals surface area contributed by atoms with E-state index in [1.807, 2.05) is 24.3 Å². The number of rotatable bonds is 1. The molecule has 0 saturated heterocycles. The summed E-state index contributed by atoms with van der Waals surface area (Å²) in [6.45, 7) is 10.7. The lowest BCUT2D eigenvalue weighted by atomic mass is 9.92. The Morgan fingerprint density at radius 3 is 1.27 bits per heavy atom. The maximum atomic E-state index is 4.50. The lowest BCUT2D eigenvalue weighted by Crippen LogP contribution is -1.85. The third kappa shape index (κ3) is 10.2. The van der Waals surface area contributed by atoms with Gasteiger partial charge in [-0.25, -0.2) is 0 Å². The van der Waals surface area contributed by atoms with Gasteiger partial charge >= 0.3 is 0 Å². The third-order valence-electron chi connectivity index (χ3n) is 12.6. The molecule has 0 amide bonds. The SMILES string of the molecule is CN.Cc1ccc(-c2ccccc2)cc1.Cc1ccc2c3c(cccc13)-c1ccccc1-2.Cc1ccc2ccc3cccc4ccc1c2c34.Cc1cccc2ccccc12.Cc1ccccc1. The van der Waals surface area contributed by atoms with Gasteiger partial charge in [0.2, 0.25) is 0 Å². The van der Waals surface area contributed by atoms with Crippen LogP contribution in [0.5, 0.6) is 0 Å². The number of aryl methyl sites for hydroxylation is 5. The van der Waals surface area contributed by atoms with Gasteiger partial charge in [-0.2, -0.15) is 0 Å². The third-order valence-corrected chi connectivity index (χ3v) is 12.6. The molecule has 0 fully saturated rings. The van der Waals surface area contributed by atoms with Crippen LogP contribution in [0.3, 0.4) is 0 Å². The van der Waals surface area contributed by atoms with Crippen molar-refractivity contribution in [2.75, 3.05) is 7.05 Å². The maximum Gasteiger partial charge on any atom is -0.00237 e. The van der Waals surface area contributed by atoms with E-state index in [9.17, 15) is 0 Å². The van der Waals surface area contributed by atoms with Crippen molar-refractivity contribution < 1.29 is 0 Å². The van der Waals surface area contributed by atoms with E-state index in [1.54, 1.807) is 0 Å². The van der Waals surface area contributed by atoms with Gasteiger partial charge in [-0.05, 0) is 146 Å². The van der Waals surface area contributed by atoms with Crippen LogP contribution in [0.1, 0.15) is 27.8 Å². The van der Waals surface area contributed by atoms with Gasteiger partial charge in [0, 0.05) is 0 Å². The van der Waals surface area contributed by atoms with Crippen molar-refractivity contribution >= 4 is 53.9 Å². The molecule has 0 radical (unpaired) electrons. The quantitative estimate of drug-likeness (QED) is 0.163. The summed E-state index contributed by atoms with van der Waals surface area (Å²) < 4.78 is 0. The fraction of sp³-hybridized carbons (Fsp3) is 0.0909. The Morgan fingerprint density at radius 1 is 0.224 bits per heavy atom. The maximum absolute atomic E-state index is 4.50. The minimum Gasteiger partial charge on any atom is -0.333 e. The number of fused-ring (bicyclic) bond motifs is 4. The van der Waals surface area contributed by atoms with Crippen molar-refractivity contribution in [1.29, 1.82) is 0 Å². The summed E-state index contributed by atoms with van der Waals surface area (Å²) in [6, 6.07) is 83.8. The Bertz CT molecular complexity index is 3460. The zero-order chi connectivity index (χ0) is 46.7. The van der Waals surface area contributed by atoms with Gasteiger partial charge in [0.15, 0.2) is 0 Å². The summed E-state index contributed by atoms with van der Waals surface area (Å²) >= 11 is 0. The highest BCUT2D eigenvalue weighted by Crippen LogP contribution is 2.47. The second-order valence-corrected chi connectivity index (χ2v) is 17.1. The van der Waals surface area contributed by atoms with E-state index in [2.05, 4.69) is 253 Å². The second kappa shape index (κ2) is 21.4. The van der Waals surface area contributed by atoms with Crippen molar-refractivity contribution in [1.82, 2.24) is 0 Å². The molecule has 13 rings (SSSR count). The molecule has 0 saturated carbocycles. The van der Waals surface area contributed by atoms with Gasteiger partial charge in [-0.1, -0.05) is 248 Å². The topological polar surface area (TPSA) is 26.0 Å². The highest BCUT2D eigenvalue weighted by atomic mass is 14.4. The van der Waals surface area contributed by atoms with E-state index < -0.39 is 0 Å². The molecule has 12 aromatic rings. The van der Waals surface area contributed by atoms with E-state index in [-0.39, 0.29) is 0 Å². The van der Waals surface area contributed by atoms with Crippen LogP contribution < -0.4 is 5.73 Å². The van der Waals surface area contributed by atoms with Crippen LogP contribution in [-0.2, 0) is 0 Å². The molecular formula is C66H59N. The Balaban J connectivity index is 0.000000116. The van der Waals surface area contributed by atoms with Crippen molar-refractivity contribution in [2.24, 2.45) is 5.73 Å². The fourth-order valence-corrected chi connectivity index (χ4v) is 9.13. The van der Waals surface area contributed by atoms with Crippen LogP contribution in [0, 0.1) is 34.6 Å². The molecule has 0 aliphatic heterocycles. The molecule has 0 aromatic heterocycles. The van der Waals surface area contributed by atoms with E-state index in [0.29, 0.717) is 0 Å². The smallest absolute Gasteiger partial charge is 0.00237 e. The first kappa shape index (κ1) is 45.7. The number of hydrogen-bond acceptors (Lipinski definition) is 1. The lowest BCUT2D eigenvalue weighted by molar-refractivity contribution is 1.47. The molecule has 1 aliphatic carbocycles. The monoisotopic (exact) mass is 865 g/mol. The first-order valence-corrected chi connectivity index (χ1v) is 23.2. The number of nitrogens with two attached hydrogens (primary N) is 1. The predicted molar refractivity (Wildman–Crippen MR) is 295 cm³/mol. The van der Waals surface area contributed by atoms with Crippen LogP contribution in [-0.4, -0.2) is 7.05 Å². The van der Waals surface area contributed by atoms with Crippen molar-refractivity contribution in [3.8, 4) is 33.4 Å². The summed E-state index contributed by atoms with van der Waals surface area (Å²) in [6.07, 6.45) is 0. The summed E-state index contributed by atoms with van der Waals surface area (Å²) in [5.41, 5.74) is 19.3. The van der Waals surface area contributed by atoms with Crippen LogP contribution in [0.4, 0.5) is 0 Å². The highest BCUT2D eigenvalue weighted by Gasteiger charge is 2.20. The lowest BCUT2D eigenvalue weighted by Gasteiger charge is -2.11. The summed E-state index contributed by atoms with van der Waals surface area (Å²) in [5.74, 6) is 0. The Kier molecular flexibility index (Phi) is 14.6. The Hall–Kier alpha value is -7.84. The molecule has 0 bridgehead atoms. The largest absolute Gasteiger partial charge is 0.333 e. The van der Waals surface area contributed by atoms with Gasteiger partial charge in [-0.3, -0.25) is 0 Å². The van der Waals surface area contributed by atoms with Gasteiger partial charge in [0.1, 0.15) is 0 Å². The minimum atomic E-state index is 1.28. The molecule has 1 heteroatoms. The van der Waals surface area contributed by atoms with Gasteiger partial charge < -0.3 is 5.73 Å². The van der Waals surface area contributed by atoms with Crippen molar-refractivity contribution in [3.63, 3.8) is 0 Å². The van der Waals surface area contributed by atoms with Gasteiger partial charge in [0.25, 0.3) is 0 Å². The van der Waals surface area contributed by atoms with Crippen LogP contribution >= 0.6 is 0 Å². The average molecular weight is 866 g/mol. The molecule has 67 heavy (non-hydrogen) atoms. The molecule has 0 heterocycles. The van der Waals surface area contributed by atoms with Crippen molar-refractivity contribution in [2.45, 2.75) is 34.6 Å². The molecule has 12 aromatic carbocycles. The Morgan fingerprint density at radius 2 is 0.627 bits per heavy atom. The highest BCUT2D eigenvalue weighted by molar-refractivity contribution is 6.23. The van der Waals surface area contributed by atoms with E-state index in [1.165, 1.54) is 122 Å². The van der Waals surface area contributed by atoms with E-state index >= 15 is 0 Å². The predicted octanol–water partition coefficient (Wildman–Crippen LogP) is 18.1. The molecule has 328 valence electrons. The molecule has 0 unspecified atom stereocenters. The first-order valence-electron chi connectivity index (χ1n) is 23.2. The number of benzene rings is 12. The molecule has 1 aliphatic rings. The summed E-state index contributed by atoms with van der Waals surface area (Å²) in [7, 11) is 1.50. The molecular weight excluding hydrogens is 807 g/mol. The first-order chi connectivity index (χ1) is 32.8. The van der Waals surface area contributed by atoms with E-state index in [4.69, 9.17) is 0 Å². The average Bonchev–Trinajstić information content (AvgIpc) is 3.71. The van der Waals surface area contributed by atoms with Crippen LogP contribution in [0.15, 0.2) is 237 Å². The number of hydrogen-bond donors (Lipinski definition) is 1. The molecule has 1 nitrogen and oxygen atoms in total. The standard InChI is InChI=1S/2C17H12.C13H12.C11H10.C7H8.CH5N/c1-11-9-10-16-14-6-3-2-5-13(14)15-8-4-7-12(11)17(15)16;1-11-5-6-14-8-7-12-3-2-4-13-9-10-15(11)17(14)16(12)13;1-11-7-9-13(10-8-11)12-5-3-2-4-6-12;1-9-5-4-7-10-6-2-3-8-11(9)10;1-7-5-3-2-4-6-7;1-2/h2*2-10H,1H3;2-10H,1H3;2-8H,1H3;2-6H,1H3;2H2,1H3. The van der Waals surface area contributed by atoms with Crippen LogP contribution in [0.25, 0.3) is 87.2 Å². The fourth-order valence-electron chi connectivity index (χ4n) is 9.13. The normalized spacial score (nSPS) is 10.6. The molecule has 2 N–H and O–H groups in total. The van der Waals surface area contributed by atoms with Gasteiger partial charge in [0.05, 0.1) is 0 Å². The zero-order valence-corrected chi connectivity index (χ0v) is 39.6. The Labute approximate surface area is 397 Å². The van der Waals surface area contributed by atoms with Crippen molar-refractivity contribution in [3.05, 3.63) is 264 Å². The van der Waals surface area contributed by atoms with Crippen LogP contribution in [0.2, 0.25) is 0 Å². The molecule has 0 spiro atoms. The molecule has 0 atom stereocenters. The van der Waals surface area contributed by atoms with Gasteiger partial charge in [-0.15, -0.1) is 0 Å².